The first-order chi connectivity index (χ1) is 9.69. The van der Waals surface area contributed by atoms with E-state index in [-0.39, 0.29) is 12.4 Å². The number of nitriles is 1. The highest BCUT2D eigenvalue weighted by atomic mass is 16.5. The van der Waals surface area contributed by atoms with Crippen molar-refractivity contribution in [2.45, 2.75) is 32.3 Å². The van der Waals surface area contributed by atoms with Gasteiger partial charge in [-0.3, -0.25) is 4.79 Å². The molecule has 0 aliphatic heterocycles. The maximum Gasteiger partial charge on any atom is 0.306 e. The summed E-state index contributed by atoms with van der Waals surface area (Å²) in [6.45, 7) is 1.91. The average molecular weight is 273 g/mol. The van der Waals surface area contributed by atoms with Crippen LogP contribution in [0.3, 0.4) is 0 Å². The molecule has 0 amide bonds. The molecule has 0 heterocycles. The minimum absolute atomic E-state index is 0.155. The molecule has 0 fully saturated rings. The molecule has 1 atom stereocenters. The van der Waals surface area contributed by atoms with Gasteiger partial charge in [0.15, 0.2) is 0 Å². The van der Waals surface area contributed by atoms with Crippen molar-refractivity contribution in [3.8, 4) is 11.8 Å². The fourth-order valence-corrected chi connectivity index (χ4v) is 1.60. The topological polar surface area (TPSA) is 59.3 Å². The van der Waals surface area contributed by atoms with Crippen molar-refractivity contribution in [3.05, 3.63) is 35.9 Å². The Morgan fingerprint density at radius 1 is 1.40 bits per heavy atom. The van der Waals surface area contributed by atoms with Gasteiger partial charge in [-0.15, -0.1) is 0 Å². The summed E-state index contributed by atoms with van der Waals surface area (Å²) in [5.74, 6) is 0.511. The minimum Gasteiger partial charge on any atom is -0.497 e. The van der Waals surface area contributed by atoms with E-state index in [4.69, 9.17) is 14.7 Å². The third-order valence-electron chi connectivity index (χ3n) is 2.65. The predicted octanol–water partition coefficient (Wildman–Crippen LogP) is 3.33. The van der Waals surface area contributed by atoms with E-state index in [0.29, 0.717) is 6.42 Å². The Labute approximate surface area is 119 Å². The predicted molar refractivity (Wildman–Crippen MR) is 77.0 cm³/mol. The molecule has 4 nitrogen and oxygen atoms in total. The van der Waals surface area contributed by atoms with Gasteiger partial charge in [0, 0.05) is 6.42 Å². The molecule has 1 aromatic rings. The summed E-state index contributed by atoms with van der Waals surface area (Å²) >= 11 is 0. The summed E-state index contributed by atoms with van der Waals surface area (Å²) in [5, 5.41) is 8.75. The molecule has 0 aromatic heterocycles. The van der Waals surface area contributed by atoms with Crippen LogP contribution in [0.1, 0.15) is 31.7 Å². The Kier molecular flexibility index (Phi) is 6.91. The van der Waals surface area contributed by atoms with Crippen LogP contribution in [0.5, 0.6) is 5.75 Å². The zero-order valence-electron chi connectivity index (χ0n) is 11.8. The normalized spacial score (nSPS) is 11.8. The SMILES string of the molecule is CCCC(=O)O[C@@H](/C=C/c1ccc(OC)cc1)CC#N. The molecule has 0 spiro atoms. The van der Waals surface area contributed by atoms with Gasteiger partial charge in [-0.1, -0.05) is 25.1 Å². The third-order valence-corrected chi connectivity index (χ3v) is 2.65. The molecule has 0 N–H and O–H groups in total. The molecular formula is C16H19NO3. The summed E-state index contributed by atoms with van der Waals surface area (Å²) in [7, 11) is 1.61. The van der Waals surface area contributed by atoms with Gasteiger partial charge in [-0.2, -0.15) is 5.26 Å². The van der Waals surface area contributed by atoms with Gasteiger partial charge in [0.25, 0.3) is 0 Å². The number of carbonyl (C=O) groups is 1. The summed E-state index contributed by atoms with van der Waals surface area (Å²) < 4.78 is 10.3. The van der Waals surface area contributed by atoms with Crippen LogP contribution in [0.15, 0.2) is 30.3 Å². The molecule has 0 aliphatic rings. The van der Waals surface area contributed by atoms with E-state index in [1.807, 2.05) is 43.3 Å². The van der Waals surface area contributed by atoms with Crippen molar-refractivity contribution in [1.82, 2.24) is 0 Å². The molecular weight excluding hydrogens is 254 g/mol. The van der Waals surface area contributed by atoms with E-state index in [2.05, 4.69) is 0 Å². The quantitative estimate of drug-likeness (QED) is 0.715. The molecule has 0 bridgehead atoms. The van der Waals surface area contributed by atoms with Crippen molar-refractivity contribution >= 4 is 12.0 Å². The molecule has 0 radical (unpaired) electrons. The van der Waals surface area contributed by atoms with Gasteiger partial charge in [0.2, 0.25) is 0 Å². The second-order valence-electron chi connectivity index (χ2n) is 4.27. The molecule has 1 aromatic carbocycles. The number of carbonyl (C=O) groups excluding carboxylic acids is 1. The van der Waals surface area contributed by atoms with E-state index in [1.54, 1.807) is 13.2 Å². The van der Waals surface area contributed by atoms with E-state index in [9.17, 15) is 4.79 Å². The maximum absolute atomic E-state index is 11.4. The number of methoxy groups -OCH3 is 1. The molecule has 0 saturated carbocycles. The van der Waals surface area contributed by atoms with Crippen LogP contribution < -0.4 is 4.74 Å². The van der Waals surface area contributed by atoms with Crippen LogP contribution in [0.4, 0.5) is 0 Å². The second-order valence-corrected chi connectivity index (χ2v) is 4.27. The van der Waals surface area contributed by atoms with Crippen molar-refractivity contribution < 1.29 is 14.3 Å². The van der Waals surface area contributed by atoms with Crippen LogP contribution in [-0.4, -0.2) is 19.2 Å². The Hall–Kier alpha value is -2.28. The van der Waals surface area contributed by atoms with Crippen molar-refractivity contribution in [2.75, 3.05) is 7.11 Å². The van der Waals surface area contributed by atoms with Gasteiger partial charge < -0.3 is 9.47 Å². The van der Waals surface area contributed by atoms with E-state index < -0.39 is 6.10 Å². The monoisotopic (exact) mass is 273 g/mol. The fraction of sp³-hybridized carbons (Fsp3) is 0.375. The first-order valence-corrected chi connectivity index (χ1v) is 6.58. The van der Waals surface area contributed by atoms with Crippen LogP contribution in [0.25, 0.3) is 6.08 Å². The second kappa shape index (κ2) is 8.76. The van der Waals surface area contributed by atoms with Gasteiger partial charge in [0.05, 0.1) is 19.6 Å². The van der Waals surface area contributed by atoms with Crippen molar-refractivity contribution in [3.63, 3.8) is 0 Å². The maximum atomic E-state index is 11.4. The lowest BCUT2D eigenvalue weighted by Gasteiger charge is -2.10. The number of benzene rings is 1. The Balaban J connectivity index is 2.65. The summed E-state index contributed by atoms with van der Waals surface area (Å²) in [5.41, 5.74) is 0.959. The van der Waals surface area contributed by atoms with Gasteiger partial charge in [-0.05, 0) is 30.2 Å². The number of esters is 1. The standard InChI is InChI=1S/C16H19NO3/c1-3-4-16(18)20-15(11-12-17)10-7-13-5-8-14(19-2)9-6-13/h5-10,15H,3-4,11H2,1-2H3/b10-7+/t15-/m0/s1. The average Bonchev–Trinajstić information content (AvgIpc) is 2.46. The molecule has 4 heteroatoms. The molecule has 0 aliphatic carbocycles. The highest BCUT2D eigenvalue weighted by Crippen LogP contribution is 2.13. The Morgan fingerprint density at radius 3 is 2.65 bits per heavy atom. The third kappa shape index (κ3) is 5.57. The molecule has 0 saturated heterocycles. The number of hydrogen-bond donors (Lipinski definition) is 0. The van der Waals surface area contributed by atoms with Crippen LogP contribution >= 0.6 is 0 Å². The van der Waals surface area contributed by atoms with Crippen LogP contribution in [0, 0.1) is 11.3 Å². The lowest BCUT2D eigenvalue weighted by atomic mass is 10.1. The number of hydrogen-bond acceptors (Lipinski definition) is 4. The number of ether oxygens (including phenoxy) is 2. The van der Waals surface area contributed by atoms with E-state index in [1.165, 1.54) is 0 Å². The van der Waals surface area contributed by atoms with Crippen molar-refractivity contribution in [1.29, 1.82) is 5.26 Å². The Bertz CT molecular complexity index is 485. The molecule has 20 heavy (non-hydrogen) atoms. The van der Waals surface area contributed by atoms with Gasteiger partial charge in [-0.25, -0.2) is 0 Å². The molecule has 106 valence electrons. The Morgan fingerprint density at radius 2 is 2.10 bits per heavy atom. The summed E-state index contributed by atoms with van der Waals surface area (Å²) in [4.78, 5) is 11.4. The largest absolute Gasteiger partial charge is 0.497 e. The molecule has 1 rings (SSSR count). The van der Waals surface area contributed by atoms with E-state index in [0.717, 1.165) is 17.7 Å². The number of rotatable bonds is 7. The van der Waals surface area contributed by atoms with Crippen molar-refractivity contribution in [2.24, 2.45) is 0 Å². The van der Waals surface area contributed by atoms with Crippen LogP contribution in [-0.2, 0) is 9.53 Å². The highest BCUT2D eigenvalue weighted by molar-refractivity contribution is 5.69. The lowest BCUT2D eigenvalue weighted by Crippen LogP contribution is -2.15. The van der Waals surface area contributed by atoms with Gasteiger partial charge in [0.1, 0.15) is 11.9 Å². The first-order valence-electron chi connectivity index (χ1n) is 6.58. The lowest BCUT2D eigenvalue weighted by molar-refractivity contribution is -0.146. The van der Waals surface area contributed by atoms with Gasteiger partial charge >= 0.3 is 5.97 Å². The van der Waals surface area contributed by atoms with E-state index >= 15 is 0 Å². The zero-order valence-corrected chi connectivity index (χ0v) is 11.8. The first kappa shape index (κ1) is 15.8. The smallest absolute Gasteiger partial charge is 0.306 e. The minimum atomic E-state index is -0.499. The fourth-order valence-electron chi connectivity index (χ4n) is 1.60. The zero-order chi connectivity index (χ0) is 14.8. The summed E-state index contributed by atoms with van der Waals surface area (Å²) in [6.07, 6.45) is 4.33. The number of nitrogens with zero attached hydrogens (tertiary/aromatic N) is 1. The molecule has 0 unspecified atom stereocenters. The highest BCUT2D eigenvalue weighted by Gasteiger charge is 2.10. The van der Waals surface area contributed by atoms with Crippen LogP contribution in [0.2, 0.25) is 0 Å². The summed E-state index contributed by atoms with van der Waals surface area (Å²) in [6, 6.07) is 9.51.